The van der Waals surface area contributed by atoms with Crippen LogP contribution in [0.2, 0.25) is 0 Å². The first-order chi connectivity index (χ1) is 18.7. The molecule has 1 fully saturated rings. The highest BCUT2D eigenvalue weighted by atomic mass is 16.5. The first-order valence-electron chi connectivity index (χ1n) is 13.2. The molecule has 202 valence electrons. The lowest BCUT2D eigenvalue weighted by atomic mass is 10.1. The monoisotopic (exact) mass is 525 g/mol. The second-order valence-electron chi connectivity index (χ2n) is 10.4. The van der Waals surface area contributed by atoms with Crippen LogP contribution in [-0.2, 0) is 18.3 Å². The zero-order chi connectivity index (χ0) is 27.5. The lowest BCUT2D eigenvalue weighted by Gasteiger charge is -2.35. The Hall–Kier alpha value is -4.08. The predicted octanol–water partition coefficient (Wildman–Crippen LogP) is 5.10. The standard InChI is InChI=1S/C30H35N7O2/c1-19-6-7-23(17-37-15-21(3)39-22(4)16-37)12-27(19)34-29(38)24-8-10-26(11-9-24)33-30-31-13-20(2)28(35-30)25-14-32-36(5)18-25/h6-14,18,21-22H,15-17H2,1-5H3,(H,34,38)(H,31,33,35). The van der Waals surface area contributed by atoms with E-state index in [0.29, 0.717) is 11.5 Å². The fourth-order valence-electron chi connectivity index (χ4n) is 4.94. The van der Waals surface area contributed by atoms with Crippen molar-refractivity contribution in [3.8, 4) is 11.3 Å². The summed E-state index contributed by atoms with van der Waals surface area (Å²) in [4.78, 5) is 24.6. The fraction of sp³-hybridized carbons (Fsp3) is 0.333. The maximum Gasteiger partial charge on any atom is 0.255 e. The number of ether oxygens (including phenoxy) is 1. The predicted molar refractivity (Wildman–Crippen MR) is 153 cm³/mol. The maximum absolute atomic E-state index is 13.1. The summed E-state index contributed by atoms with van der Waals surface area (Å²) >= 11 is 0. The van der Waals surface area contributed by atoms with E-state index in [1.807, 2.05) is 39.2 Å². The van der Waals surface area contributed by atoms with Crippen LogP contribution < -0.4 is 10.6 Å². The van der Waals surface area contributed by atoms with Gasteiger partial charge in [0.25, 0.3) is 5.91 Å². The molecule has 0 bridgehead atoms. The Kier molecular flexibility index (Phi) is 7.72. The number of anilines is 3. The summed E-state index contributed by atoms with van der Waals surface area (Å²) in [6.45, 7) is 10.8. The van der Waals surface area contributed by atoms with E-state index in [-0.39, 0.29) is 18.1 Å². The highest BCUT2D eigenvalue weighted by Crippen LogP contribution is 2.24. The average molecular weight is 526 g/mol. The minimum absolute atomic E-state index is 0.152. The van der Waals surface area contributed by atoms with Crippen molar-refractivity contribution >= 4 is 23.2 Å². The van der Waals surface area contributed by atoms with Crippen LogP contribution in [0, 0.1) is 13.8 Å². The minimum atomic E-state index is -0.152. The van der Waals surface area contributed by atoms with Crippen LogP contribution >= 0.6 is 0 Å². The van der Waals surface area contributed by atoms with Crippen LogP contribution in [0.15, 0.2) is 61.1 Å². The van der Waals surface area contributed by atoms with Crippen molar-refractivity contribution < 1.29 is 9.53 Å². The highest BCUT2D eigenvalue weighted by Gasteiger charge is 2.22. The Morgan fingerprint density at radius 2 is 1.77 bits per heavy atom. The third kappa shape index (κ3) is 6.50. The highest BCUT2D eigenvalue weighted by molar-refractivity contribution is 6.04. The average Bonchev–Trinajstić information content (AvgIpc) is 3.33. The van der Waals surface area contributed by atoms with Gasteiger partial charge in [-0.2, -0.15) is 5.10 Å². The van der Waals surface area contributed by atoms with E-state index in [4.69, 9.17) is 4.74 Å². The molecule has 4 aromatic rings. The molecule has 2 N–H and O–H groups in total. The third-order valence-electron chi connectivity index (χ3n) is 6.80. The fourth-order valence-corrected chi connectivity index (χ4v) is 4.94. The molecule has 39 heavy (non-hydrogen) atoms. The largest absolute Gasteiger partial charge is 0.373 e. The number of carbonyl (C=O) groups is 1. The molecule has 2 atom stereocenters. The zero-order valence-electron chi connectivity index (χ0n) is 23.1. The number of morpholine rings is 1. The molecule has 3 heterocycles. The molecule has 2 aromatic heterocycles. The first kappa shape index (κ1) is 26.5. The molecule has 1 amide bonds. The molecule has 1 saturated heterocycles. The van der Waals surface area contributed by atoms with E-state index in [1.165, 1.54) is 5.56 Å². The number of rotatable bonds is 7. The topological polar surface area (TPSA) is 97.2 Å². The summed E-state index contributed by atoms with van der Waals surface area (Å²) in [7, 11) is 1.88. The second kappa shape index (κ2) is 11.3. The molecule has 1 aliphatic heterocycles. The van der Waals surface area contributed by atoms with E-state index in [9.17, 15) is 4.79 Å². The Morgan fingerprint density at radius 3 is 2.46 bits per heavy atom. The van der Waals surface area contributed by atoms with Gasteiger partial charge in [-0.05, 0) is 74.7 Å². The molecule has 2 aromatic carbocycles. The van der Waals surface area contributed by atoms with Gasteiger partial charge in [0.1, 0.15) is 0 Å². The summed E-state index contributed by atoms with van der Waals surface area (Å²) in [6.07, 6.45) is 5.94. The van der Waals surface area contributed by atoms with Crippen molar-refractivity contribution in [3.05, 3.63) is 83.3 Å². The molecular formula is C30H35N7O2. The number of carbonyl (C=O) groups excluding carboxylic acids is 1. The molecule has 0 radical (unpaired) electrons. The van der Waals surface area contributed by atoms with E-state index in [1.54, 1.807) is 29.2 Å². The lowest BCUT2D eigenvalue weighted by Crippen LogP contribution is -2.44. The van der Waals surface area contributed by atoms with E-state index in [2.05, 4.69) is 62.6 Å². The Morgan fingerprint density at radius 1 is 1.03 bits per heavy atom. The molecule has 1 aliphatic rings. The summed E-state index contributed by atoms with van der Waals surface area (Å²) < 4.78 is 7.60. The van der Waals surface area contributed by atoms with Crippen molar-refractivity contribution in [3.63, 3.8) is 0 Å². The van der Waals surface area contributed by atoms with Gasteiger partial charge in [0.05, 0.1) is 24.1 Å². The van der Waals surface area contributed by atoms with Crippen molar-refractivity contribution in [2.24, 2.45) is 7.05 Å². The van der Waals surface area contributed by atoms with Gasteiger partial charge in [0.2, 0.25) is 5.95 Å². The Labute approximate surface area is 229 Å². The summed E-state index contributed by atoms with van der Waals surface area (Å²) in [5.41, 5.74) is 7.10. The molecular weight excluding hydrogens is 490 g/mol. The van der Waals surface area contributed by atoms with E-state index < -0.39 is 0 Å². The number of hydrogen-bond acceptors (Lipinski definition) is 7. The van der Waals surface area contributed by atoms with Crippen molar-refractivity contribution in [2.75, 3.05) is 23.7 Å². The molecule has 0 aliphatic carbocycles. The molecule has 9 nitrogen and oxygen atoms in total. The van der Waals surface area contributed by atoms with Crippen LogP contribution in [0.5, 0.6) is 0 Å². The summed E-state index contributed by atoms with van der Waals surface area (Å²) in [5, 5.41) is 10.6. The zero-order valence-corrected chi connectivity index (χ0v) is 23.1. The normalized spacial score (nSPS) is 17.7. The molecule has 9 heteroatoms. The number of nitrogens with one attached hydrogen (secondary N) is 2. The van der Waals surface area contributed by atoms with Gasteiger partial charge in [0, 0.05) is 61.6 Å². The van der Waals surface area contributed by atoms with Crippen molar-refractivity contribution in [2.45, 2.75) is 46.4 Å². The summed E-state index contributed by atoms with van der Waals surface area (Å²) in [6, 6.07) is 13.6. The molecule has 2 unspecified atom stereocenters. The van der Waals surface area contributed by atoms with Crippen LogP contribution in [0.1, 0.15) is 40.9 Å². The number of amides is 1. The lowest BCUT2D eigenvalue weighted by molar-refractivity contribution is -0.0704. The van der Waals surface area contributed by atoms with Crippen molar-refractivity contribution in [1.82, 2.24) is 24.6 Å². The third-order valence-corrected chi connectivity index (χ3v) is 6.80. The SMILES string of the molecule is Cc1ccc(CN2CC(C)OC(C)C2)cc1NC(=O)c1ccc(Nc2ncc(C)c(-c3cnn(C)c3)n2)cc1. The van der Waals surface area contributed by atoms with Gasteiger partial charge in [-0.3, -0.25) is 14.4 Å². The second-order valence-corrected chi connectivity index (χ2v) is 10.4. The van der Waals surface area contributed by atoms with Gasteiger partial charge in [-0.25, -0.2) is 9.97 Å². The molecule has 0 saturated carbocycles. The number of nitrogens with zero attached hydrogens (tertiary/aromatic N) is 5. The smallest absolute Gasteiger partial charge is 0.255 e. The van der Waals surface area contributed by atoms with Crippen LogP contribution in [0.25, 0.3) is 11.3 Å². The van der Waals surface area contributed by atoms with Crippen LogP contribution in [-0.4, -0.2) is 55.9 Å². The van der Waals surface area contributed by atoms with E-state index in [0.717, 1.165) is 53.4 Å². The van der Waals surface area contributed by atoms with Crippen LogP contribution in [0.3, 0.4) is 0 Å². The quantitative estimate of drug-likeness (QED) is 0.347. The minimum Gasteiger partial charge on any atom is -0.373 e. The first-order valence-corrected chi connectivity index (χ1v) is 13.2. The molecule has 5 rings (SSSR count). The molecule has 0 spiro atoms. The number of benzene rings is 2. The van der Waals surface area contributed by atoms with Gasteiger partial charge in [0.15, 0.2) is 0 Å². The van der Waals surface area contributed by atoms with Gasteiger partial charge >= 0.3 is 0 Å². The van der Waals surface area contributed by atoms with Gasteiger partial charge in [-0.15, -0.1) is 0 Å². The van der Waals surface area contributed by atoms with Gasteiger partial charge < -0.3 is 15.4 Å². The summed E-state index contributed by atoms with van der Waals surface area (Å²) in [5.74, 6) is 0.328. The van der Waals surface area contributed by atoms with Crippen molar-refractivity contribution in [1.29, 1.82) is 0 Å². The van der Waals surface area contributed by atoms with E-state index >= 15 is 0 Å². The Balaban J connectivity index is 1.24. The number of aromatic nitrogens is 4. The number of hydrogen-bond donors (Lipinski definition) is 2. The maximum atomic E-state index is 13.1. The number of aryl methyl sites for hydroxylation is 3. The van der Waals surface area contributed by atoms with Crippen LogP contribution in [0.4, 0.5) is 17.3 Å². The Bertz CT molecular complexity index is 1450. The van der Waals surface area contributed by atoms with Gasteiger partial charge in [-0.1, -0.05) is 12.1 Å².